The Kier molecular flexibility index (Phi) is 4.14. The van der Waals surface area contributed by atoms with Gasteiger partial charge in [-0.25, -0.2) is 9.97 Å². The molecule has 2 rings (SSSR count). The zero-order chi connectivity index (χ0) is 12.1. The molecule has 1 aliphatic carbocycles. The molecule has 2 N–H and O–H groups in total. The average molecular weight is 236 g/mol. The predicted octanol–water partition coefficient (Wildman–Crippen LogP) is 2.02. The zero-order valence-corrected chi connectivity index (χ0v) is 10.5. The quantitative estimate of drug-likeness (QED) is 0.758. The number of aromatic nitrogens is 2. The van der Waals surface area contributed by atoms with E-state index in [1.54, 1.807) is 7.11 Å². The molecule has 0 bridgehead atoms. The van der Waals surface area contributed by atoms with Crippen molar-refractivity contribution in [3.8, 4) is 0 Å². The van der Waals surface area contributed by atoms with Crippen molar-refractivity contribution in [3.63, 3.8) is 0 Å². The van der Waals surface area contributed by atoms with Crippen molar-refractivity contribution in [3.05, 3.63) is 11.9 Å². The van der Waals surface area contributed by atoms with Crippen LogP contribution in [-0.2, 0) is 11.3 Å². The number of anilines is 2. The Bertz CT molecular complexity index is 366. The molecular formula is C12H20N4O. The number of ether oxygens (including phenoxy) is 1. The van der Waals surface area contributed by atoms with Gasteiger partial charge in [-0.1, -0.05) is 6.92 Å². The molecule has 1 heterocycles. The summed E-state index contributed by atoms with van der Waals surface area (Å²) in [4.78, 5) is 8.83. The van der Waals surface area contributed by atoms with Crippen LogP contribution in [0.5, 0.6) is 0 Å². The maximum atomic E-state index is 5.08. The molecule has 0 radical (unpaired) electrons. The van der Waals surface area contributed by atoms with E-state index in [4.69, 9.17) is 4.74 Å². The molecule has 94 valence electrons. The topological polar surface area (TPSA) is 59.1 Å². The van der Waals surface area contributed by atoms with Gasteiger partial charge in [0.1, 0.15) is 18.2 Å². The van der Waals surface area contributed by atoms with Crippen molar-refractivity contribution in [2.45, 2.75) is 38.8 Å². The van der Waals surface area contributed by atoms with Crippen LogP contribution in [0.15, 0.2) is 6.07 Å². The maximum absolute atomic E-state index is 5.08. The molecule has 0 aliphatic heterocycles. The van der Waals surface area contributed by atoms with Gasteiger partial charge in [0.25, 0.3) is 0 Å². The van der Waals surface area contributed by atoms with E-state index in [-0.39, 0.29) is 0 Å². The first-order chi connectivity index (χ1) is 8.31. The summed E-state index contributed by atoms with van der Waals surface area (Å²) in [6.07, 6.45) is 3.55. The van der Waals surface area contributed by atoms with Gasteiger partial charge >= 0.3 is 0 Å². The highest BCUT2D eigenvalue weighted by Gasteiger charge is 2.21. The lowest BCUT2D eigenvalue weighted by Gasteiger charge is -2.10. The van der Waals surface area contributed by atoms with Crippen LogP contribution < -0.4 is 10.6 Å². The SMILES string of the molecule is CCCNc1cc(NC2CC2)nc(COC)n1. The molecule has 0 saturated heterocycles. The van der Waals surface area contributed by atoms with Crippen LogP contribution in [0.25, 0.3) is 0 Å². The smallest absolute Gasteiger partial charge is 0.158 e. The van der Waals surface area contributed by atoms with Crippen molar-refractivity contribution in [1.82, 2.24) is 9.97 Å². The lowest BCUT2D eigenvalue weighted by atomic mass is 10.4. The molecule has 5 heteroatoms. The number of rotatable bonds is 7. The third-order valence-corrected chi connectivity index (χ3v) is 2.53. The van der Waals surface area contributed by atoms with Crippen molar-refractivity contribution < 1.29 is 4.74 Å². The molecule has 1 fully saturated rings. The number of hydrogen-bond acceptors (Lipinski definition) is 5. The predicted molar refractivity (Wildman–Crippen MR) is 68.2 cm³/mol. The minimum atomic E-state index is 0.445. The van der Waals surface area contributed by atoms with Gasteiger partial charge in [-0.2, -0.15) is 0 Å². The minimum Gasteiger partial charge on any atom is -0.377 e. The summed E-state index contributed by atoms with van der Waals surface area (Å²) in [5, 5.41) is 6.67. The van der Waals surface area contributed by atoms with Crippen molar-refractivity contribution in [1.29, 1.82) is 0 Å². The van der Waals surface area contributed by atoms with Gasteiger partial charge in [0.2, 0.25) is 0 Å². The molecule has 17 heavy (non-hydrogen) atoms. The van der Waals surface area contributed by atoms with E-state index in [1.165, 1.54) is 12.8 Å². The second-order valence-corrected chi connectivity index (χ2v) is 4.33. The molecule has 0 atom stereocenters. The van der Waals surface area contributed by atoms with Crippen LogP contribution >= 0.6 is 0 Å². The second kappa shape index (κ2) is 5.82. The Morgan fingerprint density at radius 1 is 1.35 bits per heavy atom. The fraction of sp³-hybridized carbons (Fsp3) is 0.667. The van der Waals surface area contributed by atoms with Crippen LogP contribution in [0.3, 0.4) is 0 Å². The number of nitrogens with one attached hydrogen (secondary N) is 2. The van der Waals surface area contributed by atoms with E-state index < -0.39 is 0 Å². The van der Waals surface area contributed by atoms with Gasteiger partial charge in [-0.3, -0.25) is 0 Å². The molecule has 0 aromatic carbocycles. The fourth-order valence-corrected chi connectivity index (χ4v) is 1.55. The van der Waals surface area contributed by atoms with E-state index >= 15 is 0 Å². The van der Waals surface area contributed by atoms with Crippen LogP contribution in [-0.4, -0.2) is 29.7 Å². The van der Waals surface area contributed by atoms with E-state index in [1.807, 2.05) is 6.07 Å². The number of hydrogen-bond donors (Lipinski definition) is 2. The van der Waals surface area contributed by atoms with Gasteiger partial charge in [-0.15, -0.1) is 0 Å². The van der Waals surface area contributed by atoms with Gasteiger partial charge in [-0.05, 0) is 19.3 Å². The Balaban J connectivity index is 2.08. The number of nitrogens with zero attached hydrogens (tertiary/aromatic N) is 2. The van der Waals surface area contributed by atoms with E-state index in [2.05, 4.69) is 27.5 Å². The van der Waals surface area contributed by atoms with Gasteiger partial charge in [0.05, 0.1) is 0 Å². The zero-order valence-electron chi connectivity index (χ0n) is 10.5. The van der Waals surface area contributed by atoms with Crippen LogP contribution in [0.1, 0.15) is 32.0 Å². The Labute approximate surface area is 102 Å². The van der Waals surface area contributed by atoms with Gasteiger partial charge < -0.3 is 15.4 Å². The molecule has 5 nitrogen and oxygen atoms in total. The molecule has 1 aromatic rings. The second-order valence-electron chi connectivity index (χ2n) is 4.33. The first kappa shape index (κ1) is 12.1. The molecule has 0 spiro atoms. The average Bonchev–Trinajstić information content (AvgIpc) is 3.10. The molecular weight excluding hydrogens is 216 g/mol. The normalized spacial score (nSPS) is 14.7. The summed E-state index contributed by atoms with van der Waals surface area (Å²) in [5.41, 5.74) is 0. The Morgan fingerprint density at radius 3 is 2.76 bits per heavy atom. The molecule has 0 unspecified atom stereocenters. The van der Waals surface area contributed by atoms with Crippen molar-refractivity contribution >= 4 is 11.6 Å². The molecule has 1 aromatic heterocycles. The first-order valence-corrected chi connectivity index (χ1v) is 6.19. The fourth-order valence-electron chi connectivity index (χ4n) is 1.55. The highest BCUT2D eigenvalue weighted by molar-refractivity contribution is 5.48. The molecule has 1 saturated carbocycles. The van der Waals surface area contributed by atoms with E-state index in [9.17, 15) is 0 Å². The largest absolute Gasteiger partial charge is 0.377 e. The van der Waals surface area contributed by atoms with E-state index in [0.29, 0.717) is 12.6 Å². The van der Waals surface area contributed by atoms with Crippen LogP contribution in [0.4, 0.5) is 11.6 Å². The standard InChI is InChI=1S/C12H20N4O/c1-3-6-13-10-7-11(14-9-4-5-9)16-12(15-10)8-17-2/h7,9H,3-6,8H2,1-2H3,(H2,13,14,15,16). The Hall–Kier alpha value is -1.36. The molecule has 1 aliphatic rings. The van der Waals surface area contributed by atoms with Gasteiger partial charge in [0.15, 0.2) is 5.82 Å². The monoisotopic (exact) mass is 236 g/mol. The summed E-state index contributed by atoms with van der Waals surface area (Å²) < 4.78 is 5.08. The third kappa shape index (κ3) is 3.85. The van der Waals surface area contributed by atoms with E-state index in [0.717, 1.165) is 30.4 Å². The van der Waals surface area contributed by atoms with Crippen LogP contribution in [0.2, 0.25) is 0 Å². The Morgan fingerprint density at radius 2 is 2.12 bits per heavy atom. The lowest BCUT2D eigenvalue weighted by molar-refractivity contribution is 0.178. The van der Waals surface area contributed by atoms with Crippen molar-refractivity contribution in [2.24, 2.45) is 0 Å². The summed E-state index contributed by atoms with van der Waals surface area (Å²) >= 11 is 0. The highest BCUT2D eigenvalue weighted by Crippen LogP contribution is 2.24. The minimum absolute atomic E-state index is 0.445. The van der Waals surface area contributed by atoms with Crippen molar-refractivity contribution in [2.75, 3.05) is 24.3 Å². The number of methoxy groups -OCH3 is 1. The summed E-state index contributed by atoms with van der Waals surface area (Å²) in [5.74, 6) is 2.49. The molecule has 0 amide bonds. The van der Waals surface area contributed by atoms with Gasteiger partial charge in [0, 0.05) is 25.8 Å². The highest BCUT2D eigenvalue weighted by atomic mass is 16.5. The summed E-state index contributed by atoms with van der Waals surface area (Å²) in [6, 6.07) is 2.56. The lowest BCUT2D eigenvalue weighted by Crippen LogP contribution is -2.10. The summed E-state index contributed by atoms with van der Waals surface area (Å²) in [6.45, 7) is 3.50. The first-order valence-electron chi connectivity index (χ1n) is 6.19. The summed E-state index contributed by atoms with van der Waals surface area (Å²) in [7, 11) is 1.66. The maximum Gasteiger partial charge on any atom is 0.158 e. The van der Waals surface area contributed by atoms with Crippen LogP contribution in [0, 0.1) is 0 Å². The third-order valence-electron chi connectivity index (χ3n) is 2.53.